The fourth-order valence-corrected chi connectivity index (χ4v) is 6.46. The Morgan fingerprint density at radius 3 is 2.78 bits per heavy atom. The van der Waals surface area contributed by atoms with Crippen LogP contribution in [0.25, 0.3) is 0 Å². The molecule has 4 aliphatic rings. The van der Waals surface area contributed by atoms with Crippen LogP contribution in [0.15, 0.2) is 16.8 Å². The molecule has 0 amide bonds. The van der Waals surface area contributed by atoms with Crippen LogP contribution >= 0.6 is 0 Å². The summed E-state index contributed by atoms with van der Waals surface area (Å²) in [6, 6.07) is 0. The third-order valence-electron chi connectivity index (χ3n) is 7.72. The van der Waals surface area contributed by atoms with Crippen LogP contribution in [0.5, 0.6) is 0 Å². The summed E-state index contributed by atoms with van der Waals surface area (Å²) in [5, 5.41) is 3.30. The van der Waals surface area contributed by atoms with E-state index in [0.29, 0.717) is 48.7 Å². The molecule has 0 spiro atoms. The van der Waals surface area contributed by atoms with E-state index in [1.807, 2.05) is 0 Å². The van der Waals surface area contributed by atoms with Gasteiger partial charge in [0.05, 0.1) is 6.54 Å². The van der Waals surface area contributed by atoms with E-state index in [9.17, 15) is 14.5 Å². The normalized spacial score (nSPS) is 45.8. The molecule has 0 heterocycles. The summed E-state index contributed by atoms with van der Waals surface area (Å²) in [6.07, 6.45) is 8.75. The number of hydrogen-bond donors (Lipinski definition) is 0. The van der Waals surface area contributed by atoms with Gasteiger partial charge < -0.3 is 0 Å². The van der Waals surface area contributed by atoms with Crippen molar-refractivity contribution in [3.8, 4) is 0 Å². The summed E-state index contributed by atoms with van der Waals surface area (Å²) in [4.78, 5) is 35.5. The van der Waals surface area contributed by atoms with Crippen LogP contribution in [0.3, 0.4) is 0 Å². The largest absolute Gasteiger partial charge is 0.299 e. The van der Waals surface area contributed by atoms with Crippen molar-refractivity contribution in [2.75, 3.05) is 6.54 Å². The van der Waals surface area contributed by atoms with Crippen LogP contribution in [0.1, 0.15) is 58.3 Å². The minimum absolute atomic E-state index is 0.146. The van der Waals surface area contributed by atoms with Crippen molar-refractivity contribution in [2.24, 2.45) is 33.8 Å². The second-order valence-electron chi connectivity index (χ2n) is 8.42. The fourth-order valence-electron chi connectivity index (χ4n) is 6.46. The zero-order valence-corrected chi connectivity index (χ0v) is 13.8. The van der Waals surface area contributed by atoms with Gasteiger partial charge in [0.15, 0.2) is 0 Å². The number of carbonyl (C=O) groups excluding carboxylic acids is 2. The molecule has 124 valence electrons. The highest BCUT2D eigenvalue weighted by Crippen LogP contribution is 2.63. The summed E-state index contributed by atoms with van der Waals surface area (Å²) in [6.45, 7) is 2.47. The zero-order valence-electron chi connectivity index (χ0n) is 13.8. The van der Waals surface area contributed by atoms with Crippen molar-refractivity contribution in [2.45, 2.75) is 58.3 Å². The van der Waals surface area contributed by atoms with Gasteiger partial charge in [-0.3, -0.25) is 9.59 Å². The highest BCUT2D eigenvalue weighted by Gasteiger charge is 2.59. The molecule has 0 radical (unpaired) electrons. The Labute approximate surface area is 137 Å². The van der Waals surface area contributed by atoms with Gasteiger partial charge in [0.1, 0.15) is 11.6 Å². The van der Waals surface area contributed by atoms with Crippen LogP contribution < -0.4 is 0 Å². The molecule has 0 N–H and O–H groups in total. The Kier molecular flexibility index (Phi) is 3.37. The van der Waals surface area contributed by atoms with Crippen molar-refractivity contribution in [3.05, 3.63) is 16.6 Å². The number of fused-ring (bicyclic) bond motifs is 5. The van der Waals surface area contributed by atoms with E-state index < -0.39 is 0 Å². The van der Waals surface area contributed by atoms with Gasteiger partial charge in [0.2, 0.25) is 0 Å². The fraction of sp³-hybridized carbons (Fsp3) is 0.789. The number of nitrogens with zero attached hydrogens (tertiary/aromatic N) is 1. The molecule has 3 saturated carbocycles. The molecule has 5 atom stereocenters. The monoisotopic (exact) mass is 315 g/mol. The molecule has 4 heteroatoms. The van der Waals surface area contributed by atoms with Gasteiger partial charge in [0.25, 0.3) is 0 Å². The minimum atomic E-state index is -0.189. The predicted octanol–water partition coefficient (Wildman–Crippen LogP) is 3.83. The van der Waals surface area contributed by atoms with E-state index in [1.165, 1.54) is 5.57 Å². The SMILES string of the molecule is C[C@]12CC[C@@H]3[C@@H](CC=C4CC(=O)CC[C@@]43CN=O)[C@@H]1CCC2=O. The molecular weight excluding hydrogens is 290 g/mol. The smallest absolute Gasteiger partial charge is 0.139 e. The Morgan fingerprint density at radius 2 is 2.00 bits per heavy atom. The van der Waals surface area contributed by atoms with E-state index in [1.54, 1.807) is 0 Å². The molecule has 0 aliphatic heterocycles. The Bertz CT molecular complexity index is 610. The summed E-state index contributed by atoms with van der Waals surface area (Å²) >= 11 is 0. The summed E-state index contributed by atoms with van der Waals surface area (Å²) in [7, 11) is 0. The Morgan fingerprint density at radius 1 is 1.17 bits per heavy atom. The first-order valence-corrected chi connectivity index (χ1v) is 9.05. The van der Waals surface area contributed by atoms with E-state index in [4.69, 9.17) is 0 Å². The molecule has 0 saturated heterocycles. The third kappa shape index (κ3) is 1.96. The maximum Gasteiger partial charge on any atom is 0.139 e. The number of carbonyl (C=O) groups is 2. The highest BCUT2D eigenvalue weighted by atomic mass is 16.3. The maximum atomic E-state index is 12.4. The van der Waals surface area contributed by atoms with Crippen molar-refractivity contribution >= 4 is 11.6 Å². The molecule has 4 rings (SSSR count). The standard InChI is InChI=1S/C19H25NO3/c1-18-8-7-16-14(15(18)4-5-17(18)22)3-2-12-10-13(21)6-9-19(12,16)11-20-23/h2,14-16H,3-11H2,1H3/t14-,15-,16+,18-,19+/m0/s1. The molecule has 0 bridgehead atoms. The third-order valence-corrected chi connectivity index (χ3v) is 7.72. The number of rotatable bonds is 2. The van der Waals surface area contributed by atoms with E-state index >= 15 is 0 Å². The minimum Gasteiger partial charge on any atom is -0.299 e. The van der Waals surface area contributed by atoms with Gasteiger partial charge in [-0.05, 0) is 49.9 Å². The molecule has 4 aliphatic carbocycles. The molecule has 3 fully saturated rings. The first-order chi connectivity index (χ1) is 11.0. The highest BCUT2D eigenvalue weighted by molar-refractivity contribution is 5.87. The number of nitroso groups, excluding NO2 is 1. The quantitative estimate of drug-likeness (QED) is 0.574. The lowest BCUT2D eigenvalue weighted by Crippen LogP contribution is -2.52. The van der Waals surface area contributed by atoms with Crippen LogP contribution in [-0.2, 0) is 9.59 Å². The molecule has 0 aromatic heterocycles. The van der Waals surface area contributed by atoms with Gasteiger partial charge in [-0.25, -0.2) is 0 Å². The first kappa shape index (κ1) is 15.2. The van der Waals surface area contributed by atoms with Gasteiger partial charge in [0, 0.05) is 30.1 Å². The zero-order chi connectivity index (χ0) is 16.2. The molecule has 0 unspecified atom stereocenters. The summed E-state index contributed by atoms with van der Waals surface area (Å²) in [5.41, 5.74) is 0.848. The van der Waals surface area contributed by atoms with Gasteiger partial charge in [-0.15, -0.1) is 0 Å². The lowest BCUT2D eigenvalue weighted by atomic mass is 9.47. The molecule has 4 nitrogen and oxygen atoms in total. The average molecular weight is 315 g/mol. The lowest BCUT2D eigenvalue weighted by Gasteiger charge is -2.56. The van der Waals surface area contributed by atoms with Crippen molar-refractivity contribution in [1.82, 2.24) is 0 Å². The van der Waals surface area contributed by atoms with Crippen LogP contribution in [-0.4, -0.2) is 18.1 Å². The Hall–Kier alpha value is -1.32. The Balaban J connectivity index is 1.74. The molecule has 0 aromatic carbocycles. The van der Waals surface area contributed by atoms with Crippen LogP contribution in [0.4, 0.5) is 0 Å². The average Bonchev–Trinajstić information content (AvgIpc) is 2.84. The van der Waals surface area contributed by atoms with Crippen molar-refractivity contribution < 1.29 is 9.59 Å². The molecule has 0 aromatic rings. The first-order valence-electron chi connectivity index (χ1n) is 9.05. The molecular formula is C19H25NO3. The van der Waals surface area contributed by atoms with E-state index in [2.05, 4.69) is 18.2 Å². The van der Waals surface area contributed by atoms with Crippen molar-refractivity contribution in [3.63, 3.8) is 0 Å². The number of hydrogen-bond acceptors (Lipinski definition) is 4. The van der Waals surface area contributed by atoms with Gasteiger partial charge in [-0.1, -0.05) is 23.7 Å². The predicted molar refractivity (Wildman–Crippen MR) is 86.7 cm³/mol. The lowest BCUT2D eigenvalue weighted by molar-refractivity contribution is -0.132. The number of allylic oxidation sites excluding steroid dienone is 1. The van der Waals surface area contributed by atoms with E-state index in [-0.39, 0.29) is 10.8 Å². The summed E-state index contributed by atoms with van der Waals surface area (Å²) < 4.78 is 0. The van der Waals surface area contributed by atoms with Crippen LogP contribution in [0.2, 0.25) is 0 Å². The van der Waals surface area contributed by atoms with Crippen LogP contribution in [0, 0.1) is 33.5 Å². The second kappa shape index (κ2) is 5.09. The number of ketones is 2. The topological polar surface area (TPSA) is 63.6 Å². The number of Topliss-reactive ketones (excluding diaryl/α,β-unsaturated/α-hetero) is 2. The van der Waals surface area contributed by atoms with E-state index in [0.717, 1.165) is 38.5 Å². The molecule has 23 heavy (non-hydrogen) atoms. The maximum absolute atomic E-state index is 12.4. The van der Waals surface area contributed by atoms with Gasteiger partial charge in [-0.2, -0.15) is 4.91 Å². The van der Waals surface area contributed by atoms with Gasteiger partial charge >= 0.3 is 0 Å². The second-order valence-corrected chi connectivity index (χ2v) is 8.42. The summed E-state index contributed by atoms with van der Waals surface area (Å²) in [5.74, 6) is 2.11. The van der Waals surface area contributed by atoms with Crippen molar-refractivity contribution in [1.29, 1.82) is 0 Å².